The van der Waals surface area contributed by atoms with E-state index < -0.39 is 0 Å². The molecule has 1 aliphatic carbocycles. The van der Waals surface area contributed by atoms with Crippen LogP contribution in [0.5, 0.6) is 0 Å². The highest BCUT2D eigenvalue weighted by Gasteiger charge is 2.23. The second kappa shape index (κ2) is 7.49. The van der Waals surface area contributed by atoms with Crippen LogP contribution in [0.2, 0.25) is 0 Å². The van der Waals surface area contributed by atoms with Gasteiger partial charge in [0.1, 0.15) is 5.82 Å². The van der Waals surface area contributed by atoms with Crippen molar-refractivity contribution >= 4 is 34.1 Å². The van der Waals surface area contributed by atoms with Crippen LogP contribution in [0.1, 0.15) is 35.0 Å². The first-order chi connectivity index (χ1) is 13.3. The molecule has 3 nitrogen and oxygen atoms in total. The highest BCUT2D eigenvalue weighted by molar-refractivity contribution is 7.44. The molecule has 1 unspecified atom stereocenters. The highest BCUT2D eigenvalue weighted by atomic mass is 32.1. The lowest BCUT2D eigenvalue weighted by Crippen LogP contribution is -2.15. The average molecular weight is 372 g/mol. The minimum absolute atomic E-state index is 0.435. The Hall–Kier alpha value is -2.72. The predicted octanol–water partition coefficient (Wildman–Crippen LogP) is 5.03. The van der Waals surface area contributed by atoms with E-state index in [1.165, 1.54) is 32.7 Å². The Balaban J connectivity index is 0.000000872. The molecule has 4 aromatic rings. The third kappa shape index (κ3) is 3.21. The first-order valence-corrected chi connectivity index (χ1v) is 9.51. The molecule has 3 aromatic carbocycles. The summed E-state index contributed by atoms with van der Waals surface area (Å²) in [6, 6.07) is 19.8. The summed E-state index contributed by atoms with van der Waals surface area (Å²) in [6.45, 7) is 2.04. The zero-order valence-corrected chi connectivity index (χ0v) is 16.0. The van der Waals surface area contributed by atoms with Gasteiger partial charge >= 0.3 is 0 Å². The number of hydrogen-bond donors (Lipinski definition) is 0. The zero-order valence-electron chi connectivity index (χ0n) is 15.2. The fourth-order valence-corrected chi connectivity index (χ4v) is 4.25. The maximum absolute atomic E-state index is 7.83. The molecule has 0 radical (unpaired) electrons. The molecule has 5 rings (SSSR count). The van der Waals surface area contributed by atoms with Crippen molar-refractivity contribution in [1.29, 1.82) is 0 Å². The van der Waals surface area contributed by atoms with Gasteiger partial charge in [0.05, 0.1) is 0 Å². The van der Waals surface area contributed by atoms with Crippen LogP contribution in [-0.2, 0) is 25.4 Å². The quantitative estimate of drug-likeness (QED) is 0.440. The van der Waals surface area contributed by atoms with Crippen LogP contribution in [-0.4, -0.2) is 14.2 Å². The Morgan fingerprint density at radius 3 is 2.59 bits per heavy atom. The molecule has 0 saturated carbocycles. The van der Waals surface area contributed by atoms with Crippen molar-refractivity contribution in [2.75, 3.05) is 0 Å². The van der Waals surface area contributed by atoms with Crippen LogP contribution >= 0.6 is 0 Å². The molecule has 134 valence electrons. The summed E-state index contributed by atoms with van der Waals surface area (Å²) >= 11 is 2.83. The standard InChI is InChI=1S/C23H20N2.OS/c1-15-12-13-24-23(25-15)18-8-9-20-17(14-18)7-11-21-19-5-3-2-4-16(19)6-10-22(20)21;1-2/h2-7,10-13,18H,8-9,14H2,1H3;. The molecule has 0 bridgehead atoms. The number of aryl methyl sites for hydroxylation is 2. The van der Waals surface area contributed by atoms with Gasteiger partial charge in [-0.25, -0.2) is 9.97 Å². The van der Waals surface area contributed by atoms with Gasteiger partial charge in [-0.1, -0.05) is 48.5 Å². The van der Waals surface area contributed by atoms with Crippen molar-refractivity contribution in [1.82, 2.24) is 9.97 Å². The minimum atomic E-state index is 0.435. The van der Waals surface area contributed by atoms with Crippen molar-refractivity contribution in [2.45, 2.75) is 32.1 Å². The lowest BCUT2D eigenvalue weighted by molar-refractivity contribution is 0.555. The second-order valence-electron chi connectivity index (χ2n) is 7.08. The van der Waals surface area contributed by atoms with Gasteiger partial charge in [0.15, 0.2) is 12.5 Å². The predicted molar refractivity (Wildman–Crippen MR) is 111 cm³/mol. The van der Waals surface area contributed by atoms with E-state index in [1.54, 1.807) is 0 Å². The summed E-state index contributed by atoms with van der Waals surface area (Å²) in [5, 5.41) is 5.46. The number of hydrogen-bond acceptors (Lipinski definition) is 4. The Bertz CT molecular complexity index is 1130. The maximum Gasteiger partial charge on any atom is 0.197 e. The second-order valence-corrected chi connectivity index (χ2v) is 7.08. The number of aromatic nitrogens is 2. The first kappa shape index (κ1) is 17.7. The highest BCUT2D eigenvalue weighted by Crippen LogP contribution is 2.37. The third-order valence-electron chi connectivity index (χ3n) is 5.52. The molecular weight excluding hydrogens is 352 g/mol. The van der Waals surface area contributed by atoms with E-state index in [1.807, 2.05) is 19.2 Å². The Morgan fingerprint density at radius 2 is 1.74 bits per heavy atom. The molecule has 1 aromatic heterocycles. The van der Waals surface area contributed by atoms with Crippen LogP contribution in [0.15, 0.2) is 60.8 Å². The van der Waals surface area contributed by atoms with Gasteiger partial charge in [-0.05, 0) is 64.9 Å². The molecule has 1 heterocycles. The van der Waals surface area contributed by atoms with E-state index in [2.05, 4.69) is 71.0 Å². The smallest absolute Gasteiger partial charge is 0.197 e. The summed E-state index contributed by atoms with van der Waals surface area (Å²) in [6.07, 6.45) is 5.16. The van der Waals surface area contributed by atoms with E-state index >= 15 is 0 Å². The van der Waals surface area contributed by atoms with Crippen LogP contribution in [0.3, 0.4) is 0 Å². The van der Waals surface area contributed by atoms with E-state index in [9.17, 15) is 0 Å². The van der Waals surface area contributed by atoms with Crippen LogP contribution in [0.25, 0.3) is 21.5 Å². The lowest BCUT2D eigenvalue weighted by atomic mass is 9.80. The van der Waals surface area contributed by atoms with Crippen LogP contribution in [0, 0.1) is 6.92 Å². The first-order valence-electron chi connectivity index (χ1n) is 9.18. The van der Waals surface area contributed by atoms with Crippen LogP contribution < -0.4 is 0 Å². The van der Waals surface area contributed by atoms with Crippen molar-refractivity contribution in [3.8, 4) is 0 Å². The fourth-order valence-electron chi connectivity index (χ4n) is 4.25. The normalized spacial score (nSPS) is 15.8. The van der Waals surface area contributed by atoms with Crippen LogP contribution in [0.4, 0.5) is 0 Å². The maximum atomic E-state index is 7.83. The largest absolute Gasteiger partial charge is 0.241 e. The zero-order chi connectivity index (χ0) is 18.8. The van der Waals surface area contributed by atoms with Gasteiger partial charge in [0.25, 0.3) is 0 Å². The molecular formula is C23H20N2OS. The molecule has 1 aliphatic rings. The van der Waals surface area contributed by atoms with Crippen molar-refractivity contribution in [3.05, 3.63) is 83.4 Å². The Kier molecular flexibility index (Phi) is 4.90. The van der Waals surface area contributed by atoms with E-state index in [4.69, 9.17) is 4.21 Å². The third-order valence-corrected chi connectivity index (χ3v) is 5.52. The summed E-state index contributed by atoms with van der Waals surface area (Å²) in [4.78, 5) is 9.19. The van der Waals surface area contributed by atoms with E-state index in [-0.39, 0.29) is 0 Å². The van der Waals surface area contributed by atoms with Crippen molar-refractivity contribution in [2.24, 2.45) is 0 Å². The molecule has 27 heavy (non-hydrogen) atoms. The molecule has 0 N–H and O–H groups in total. The van der Waals surface area contributed by atoms with Crippen molar-refractivity contribution in [3.63, 3.8) is 0 Å². The summed E-state index contributed by atoms with van der Waals surface area (Å²) in [5.41, 5.74) is 4.04. The molecule has 1 atom stereocenters. The fraction of sp³-hybridized carbons (Fsp3) is 0.217. The molecule has 0 fully saturated rings. The lowest BCUT2D eigenvalue weighted by Gasteiger charge is -2.25. The summed E-state index contributed by atoms with van der Waals surface area (Å²) in [7, 11) is 0. The van der Waals surface area contributed by atoms with Gasteiger partial charge in [-0.2, -0.15) is 4.21 Å². The molecule has 0 saturated heterocycles. The van der Waals surface area contributed by atoms with Gasteiger partial charge in [0.2, 0.25) is 0 Å². The van der Waals surface area contributed by atoms with Gasteiger partial charge in [-0.3, -0.25) is 0 Å². The van der Waals surface area contributed by atoms with Gasteiger partial charge in [-0.15, -0.1) is 0 Å². The number of benzene rings is 3. The number of fused-ring (bicyclic) bond motifs is 5. The average Bonchev–Trinajstić information content (AvgIpc) is 2.74. The Labute approximate surface area is 164 Å². The summed E-state index contributed by atoms with van der Waals surface area (Å²) < 4.78 is 7.83. The SMILES string of the molecule is Cc1ccnc(C2CCc3c(ccc4c3ccc3ccccc34)C2)n1.O=S. The van der Waals surface area contributed by atoms with E-state index in [0.717, 1.165) is 30.8 Å². The molecule has 0 spiro atoms. The van der Waals surface area contributed by atoms with E-state index in [0.29, 0.717) is 5.92 Å². The number of nitrogens with zero attached hydrogens (tertiary/aromatic N) is 2. The Morgan fingerprint density at radius 1 is 0.926 bits per heavy atom. The minimum Gasteiger partial charge on any atom is -0.241 e. The molecule has 0 amide bonds. The monoisotopic (exact) mass is 372 g/mol. The van der Waals surface area contributed by atoms with Gasteiger partial charge < -0.3 is 0 Å². The summed E-state index contributed by atoms with van der Waals surface area (Å²) in [5.74, 6) is 1.44. The topological polar surface area (TPSA) is 42.9 Å². The molecule has 0 aliphatic heterocycles. The van der Waals surface area contributed by atoms with Gasteiger partial charge in [0, 0.05) is 17.8 Å². The number of rotatable bonds is 1. The van der Waals surface area contributed by atoms with Crippen molar-refractivity contribution < 1.29 is 4.21 Å². The molecule has 4 heteroatoms.